The highest BCUT2D eigenvalue weighted by atomic mass is 32.2. The van der Waals surface area contributed by atoms with Crippen molar-refractivity contribution < 1.29 is 14.1 Å². The minimum Gasteiger partial charge on any atom is -0.350 e. The van der Waals surface area contributed by atoms with E-state index in [2.05, 4.69) is 20.8 Å². The zero-order valence-electron chi connectivity index (χ0n) is 14.8. The van der Waals surface area contributed by atoms with E-state index in [1.807, 2.05) is 32.9 Å². The van der Waals surface area contributed by atoms with Crippen molar-refractivity contribution in [3.63, 3.8) is 0 Å². The van der Waals surface area contributed by atoms with Crippen LogP contribution in [0.4, 0.5) is 0 Å². The van der Waals surface area contributed by atoms with E-state index in [1.54, 1.807) is 19.1 Å². The molecule has 1 aromatic heterocycles. The maximum Gasteiger partial charge on any atom is 0.252 e. The summed E-state index contributed by atoms with van der Waals surface area (Å²) in [5.41, 5.74) is 0.175. The number of hydrogen-bond acceptors (Lipinski definition) is 6. The van der Waals surface area contributed by atoms with Gasteiger partial charge in [0.15, 0.2) is 5.82 Å². The number of carbonyl (C=O) groups is 2. The van der Waals surface area contributed by atoms with Crippen LogP contribution in [-0.4, -0.2) is 34.0 Å². The number of amides is 2. The molecule has 25 heavy (non-hydrogen) atoms. The Morgan fingerprint density at radius 1 is 1.24 bits per heavy atom. The van der Waals surface area contributed by atoms with Gasteiger partial charge in [-0.3, -0.25) is 9.59 Å². The molecule has 2 aromatic rings. The molecule has 2 amide bonds. The zero-order chi connectivity index (χ0) is 18.4. The second kappa shape index (κ2) is 8.15. The number of carbonyl (C=O) groups excluding carboxylic acids is 2. The molecular weight excluding hydrogens is 340 g/mol. The Kier molecular flexibility index (Phi) is 6.19. The molecule has 0 spiro atoms. The van der Waals surface area contributed by atoms with Crippen LogP contribution in [0.5, 0.6) is 0 Å². The molecule has 2 rings (SSSR count). The molecular formula is C17H22N4O3S. The lowest BCUT2D eigenvalue weighted by molar-refractivity contribution is -0.121. The summed E-state index contributed by atoms with van der Waals surface area (Å²) >= 11 is 1.44. The van der Waals surface area contributed by atoms with E-state index < -0.39 is 0 Å². The van der Waals surface area contributed by atoms with E-state index in [4.69, 9.17) is 4.52 Å². The van der Waals surface area contributed by atoms with Crippen LogP contribution in [0.25, 0.3) is 0 Å². The molecule has 0 fully saturated rings. The molecule has 0 radical (unpaired) electrons. The van der Waals surface area contributed by atoms with E-state index in [0.29, 0.717) is 23.0 Å². The third-order valence-corrected chi connectivity index (χ3v) is 4.05. The molecule has 1 heterocycles. The van der Waals surface area contributed by atoms with Crippen molar-refractivity contribution in [2.75, 3.05) is 6.54 Å². The Morgan fingerprint density at radius 2 is 1.96 bits per heavy atom. The third kappa shape index (κ3) is 6.22. The van der Waals surface area contributed by atoms with Crippen LogP contribution >= 0.6 is 11.8 Å². The Labute approximate surface area is 151 Å². The highest BCUT2D eigenvalue weighted by Gasteiger charge is 2.16. The first-order valence-electron chi connectivity index (χ1n) is 7.85. The fourth-order valence-corrected chi connectivity index (χ4v) is 2.93. The molecule has 134 valence electrons. The van der Waals surface area contributed by atoms with E-state index in [0.717, 1.165) is 4.90 Å². The van der Waals surface area contributed by atoms with Crippen LogP contribution < -0.4 is 10.6 Å². The Hall–Kier alpha value is -2.35. The maximum absolute atomic E-state index is 12.4. The number of rotatable bonds is 6. The summed E-state index contributed by atoms with van der Waals surface area (Å²) in [7, 11) is 0. The lowest BCUT2D eigenvalue weighted by Gasteiger charge is -2.20. The predicted octanol–water partition coefficient (Wildman–Crippen LogP) is 2.31. The number of nitrogens with one attached hydrogen (secondary N) is 2. The van der Waals surface area contributed by atoms with Gasteiger partial charge in [0.05, 0.1) is 17.9 Å². The second-order valence-corrected chi connectivity index (χ2v) is 7.51. The van der Waals surface area contributed by atoms with Gasteiger partial charge in [-0.25, -0.2) is 0 Å². The second-order valence-electron chi connectivity index (χ2n) is 6.50. The molecule has 2 N–H and O–H groups in total. The van der Waals surface area contributed by atoms with Gasteiger partial charge in [-0.1, -0.05) is 17.3 Å². The van der Waals surface area contributed by atoms with Crippen molar-refractivity contribution in [2.24, 2.45) is 0 Å². The summed E-state index contributed by atoms with van der Waals surface area (Å²) in [6.45, 7) is 7.32. The lowest BCUT2D eigenvalue weighted by atomic mass is 10.1. The van der Waals surface area contributed by atoms with Gasteiger partial charge in [0.1, 0.15) is 0 Å². The molecule has 0 bridgehead atoms. The van der Waals surface area contributed by atoms with E-state index in [9.17, 15) is 9.59 Å². The largest absolute Gasteiger partial charge is 0.350 e. The van der Waals surface area contributed by atoms with Crippen LogP contribution in [0, 0.1) is 6.92 Å². The minimum absolute atomic E-state index is 0.0703. The van der Waals surface area contributed by atoms with Gasteiger partial charge in [0, 0.05) is 17.4 Å². The highest BCUT2D eigenvalue weighted by Crippen LogP contribution is 2.25. The standard InChI is InChI=1S/C17H22N4O3S/c1-11-19-14(21-24-11)10-25-13-8-6-5-7-12(13)16(23)18-9-15(22)20-17(2,3)4/h5-8H,9-10H2,1-4H3,(H,18,23)(H,20,22). The first kappa shape index (κ1) is 19.0. The smallest absolute Gasteiger partial charge is 0.252 e. The normalized spacial score (nSPS) is 11.2. The van der Waals surface area contributed by atoms with Crippen molar-refractivity contribution in [2.45, 2.75) is 43.9 Å². The molecule has 0 aliphatic carbocycles. The average Bonchev–Trinajstić information content (AvgIpc) is 2.95. The summed E-state index contributed by atoms with van der Waals surface area (Å²) < 4.78 is 4.94. The summed E-state index contributed by atoms with van der Waals surface area (Å²) in [6, 6.07) is 7.21. The molecule has 0 aliphatic heterocycles. The summed E-state index contributed by atoms with van der Waals surface area (Å²) in [5.74, 6) is 1.05. The highest BCUT2D eigenvalue weighted by molar-refractivity contribution is 7.98. The van der Waals surface area contributed by atoms with E-state index >= 15 is 0 Å². The molecule has 1 aromatic carbocycles. The van der Waals surface area contributed by atoms with Crippen molar-refractivity contribution in [3.05, 3.63) is 41.5 Å². The predicted molar refractivity (Wildman–Crippen MR) is 95.3 cm³/mol. The first-order chi connectivity index (χ1) is 11.7. The van der Waals surface area contributed by atoms with Gasteiger partial charge in [-0.05, 0) is 32.9 Å². The van der Waals surface area contributed by atoms with Crippen molar-refractivity contribution in [3.8, 4) is 0 Å². The van der Waals surface area contributed by atoms with Crippen LogP contribution in [0.1, 0.15) is 42.8 Å². The van der Waals surface area contributed by atoms with Gasteiger partial charge in [-0.15, -0.1) is 11.8 Å². The van der Waals surface area contributed by atoms with Gasteiger partial charge in [0.2, 0.25) is 11.8 Å². The SMILES string of the molecule is Cc1nc(CSc2ccccc2C(=O)NCC(=O)NC(C)(C)C)no1. The molecule has 0 saturated carbocycles. The van der Waals surface area contributed by atoms with E-state index in [-0.39, 0.29) is 23.9 Å². The van der Waals surface area contributed by atoms with Crippen LogP contribution in [0.3, 0.4) is 0 Å². The summed E-state index contributed by atoms with van der Waals surface area (Å²) in [5, 5.41) is 9.29. The lowest BCUT2D eigenvalue weighted by Crippen LogP contribution is -2.45. The Morgan fingerprint density at radius 3 is 2.60 bits per heavy atom. The number of aryl methyl sites for hydroxylation is 1. The quantitative estimate of drug-likeness (QED) is 0.766. The number of benzene rings is 1. The Balaban J connectivity index is 1.96. The summed E-state index contributed by atoms with van der Waals surface area (Å²) in [4.78, 5) is 29.2. The average molecular weight is 362 g/mol. The molecule has 0 saturated heterocycles. The first-order valence-corrected chi connectivity index (χ1v) is 8.83. The van der Waals surface area contributed by atoms with Crippen molar-refractivity contribution in [1.82, 2.24) is 20.8 Å². The van der Waals surface area contributed by atoms with Crippen molar-refractivity contribution in [1.29, 1.82) is 0 Å². The van der Waals surface area contributed by atoms with E-state index in [1.165, 1.54) is 11.8 Å². The third-order valence-electron chi connectivity index (χ3n) is 2.98. The topological polar surface area (TPSA) is 97.1 Å². The molecule has 0 unspecified atom stereocenters. The molecule has 7 nitrogen and oxygen atoms in total. The fraction of sp³-hybridized carbons (Fsp3) is 0.412. The molecule has 8 heteroatoms. The molecule has 0 aliphatic rings. The van der Waals surface area contributed by atoms with Gasteiger partial charge < -0.3 is 15.2 Å². The Bertz CT molecular complexity index is 752. The monoisotopic (exact) mass is 362 g/mol. The van der Waals surface area contributed by atoms with Gasteiger partial charge in [0.25, 0.3) is 5.91 Å². The number of hydrogen-bond donors (Lipinski definition) is 2. The zero-order valence-corrected chi connectivity index (χ0v) is 15.6. The van der Waals surface area contributed by atoms with Crippen LogP contribution in [-0.2, 0) is 10.5 Å². The van der Waals surface area contributed by atoms with Gasteiger partial charge >= 0.3 is 0 Å². The number of thioether (sulfide) groups is 1. The maximum atomic E-state index is 12.4. The van der Waals surface area contributed by atoms with Crippen LogP contribution in [0.15, 0.2) is 33.7 Å². The molecule has 0 atom stereocenters. The van der Waals surface area contributed by atoms with Crippen LogP contribution in [0.2, 0.25) is 0 Å². The van der Waals surface area contributed by atoms with Gasteiger partial charge in [-0.2, -0.15) is 4.98 Å². The summed E-state index contributed by atoms with van der Waals surface area (Å²) in [6.07, 6.45) is 0. The fourth-order valence-electron chi connectivity index (χ4n) is 2.04. The number of nitrogens with zero attached hydrogens (tertiary/aromatic N) is 2. The van der Waals surface area contributed by atoms with Crippen molar-refractivity contribution >= 4 is 23.6 Å². The minimum atomic E-state index is -0.335. The number of aromatic nitrogens is 2.